The third kappa shape index (κ3) is 2.88. The zero-order valence-corrected chi connectivity index (χ0v) is 13.5. The maximum absolute atomic E-state index is 12.3. The number of hydrogen-bond donors (Lipinski definition) is 0. The Kier molecular flexibility index (Phi) is 3.74. The van der Waals surface area contributed by atoms with Crippen LogP contribution in [0.1, 0.15) is 0 Å². The molecule has 3 aromatic rings. The lowest BCUT2D eigenvalue weighted by molar-refractivity contribution is -0.384. The lowest BCUT2D eigenvalue weighted by Gasteiger charge is -1.98. The van der Waals surface area contributed by atoms with Gasteiger partial charge in [0.1, 0.15) is 0 Å². The SMILES string of the molecule is Cn1/c(=N/S(=O)(=O)c2ccccc2)sc2cc([N+](=O)[O-])ccc21. The molecule has 9 heteroatoms. The van der Waals surface area contributed by atoms with Crippen LogP contribution in [0.2, 0.25) is 0 Å². The molecular formula is C14H11N3O4S2. The highest BCUT2D eigenvalue weighted by Gasteiger charge is 2.14. The van der Waals surface area contributed by atoms with Gasteiger partial charge in [0.05, 0.1) is 20.0 Å². The van der Waals surface area contributed by atoms with Gasteiger partial charge in [0.15, 0.2) is 0 Å². The van der Waals surface area contributed by atoms with Gasteiger partial charge in [-0.05, 0) is 18.2 Å². The summed E-state index contributed by atoms with van der Waals surface area (Å²) in [5, 5.41) is 10.8. The Morgan fingerprint density at radius 3 is 2.52 bits per heavy atom. The average Bonchev–Trinajstić information content (AvgIpc) is 2.83. The van der Waals surface area contributed by atoms with Crippen LogP contribution < -0.4 is 4.80 Å². The van der Waals surface area contributed by atoms with Crippen molar-refractivity contribution in [1.82, 2.24) is 4.57 Å². The van der Waals surface area contributed by atoms with Gasteiger partial charge in [-0.15, -0.1) is 4.40 Å². The Hall–Kier alpha value is -2.52. The molecule has 0 amide bonds. The molecular weight excluding hydrogens is 338 g/mol. The van der Waals surface area contributed by atoms with Crippen molar-refractivity contribution in [3.05, 3.63) is 63.4 Å². The van der Waals surface area contributed by atoms with E-state index in [1.54, 1.807) is 35.9 Å². The van der Waals surface area contributed by atoms with Crippen LogP contribution in [0.15, 0.2) is 57.8 Å². The molecule has 2 aromatic carbocycles. The van der Waals surface area contributed by atoms with Crippen molar-refractivity contribution in [1.29, 1.82) is 0 Å². The molecule has 1 aromatic heterocycles. The third-order valence-electron chi connectivity index (χ3n) is 3.24. The lowest BCUT2D eigenvalue weighted by Crippen LogP contribution is -2.13. The second-order valence-electron chi connectivity index (χ2n) is 4.73. The normalized spacial score (nSPS) is 12.7. The van der Waals surface area contributed by atoms with E-state index in [0.29, 0.717) is 10.2 Å². The first kappa shape index (κ1) is 15.4. The van der Waals surface area contributed by atoms with Crippen molar-refractivity contribution in [2.24, 2.45) is 11.4 Å². The summed E-state index contributed by atoms with van der Waals surface area (Å²) in [5.41, 5.74) is 0.638. The van der Waals surface area contributed by atoms with E-state index in [1.165, 1.54) is 24.3 Å². The molecule has 0 fully saturated rings. The molecule has 3 rings (SSSR count). The number of nitro groups is 1. The van der Waals surface area contributed by atoms with Gasteiger partial charge in [-0.25, -0.2) is 0 Å². The number of sulfonamides is 1. The molecule has 0 N–H and O–H groups in total. The zero-order chi connectivity index (χ0) is 16.6. The van der Waals surface area contributed by atoms with Gasteiger partial charge >= 0.3 is 0 Å². The first-order valence-electron chi connectivity index (χ1n) is 6.48. The Labute approximate surface area is 135 Å². The minimum Gasteiger partial charge on any atom is -0.319 e. The summed E-state index contributed by atoms with van der Waals surface area (Å²) in [4.78, 5) is 10.7. The van der Waals surface area contributed by atoms with E-state index in [1.807, 2.05) is 0 Å². The summed E-state index contributed by atoms with van der Waals surface area (Å²) in [6.07, 6.45) is 0. The van der Waals surface area contributed by atoms with E-state index in [2.05, 4.69) is 4.40 Å². The molecule has 0 aliphatic heterocycles. The second kappa shape index (κ2) is 5.60. The van der Waals surface area contributed by atoms with Gasteiger partial charge in [-0.3, -0.25) is 10.1 Å². The minimum atomic E-state index is -3.83. The van der Waals surface area contributed by atoms with Crippen LogP contribution in [-0.4, -0.2) is 17.9 Å². The first-order valence-corrected chi connectivity index (χ1v) is 8.74. The summed E-state index contributed by atoms with van der Waals surface area (Å²) < 4.78 is 30.7. The predicted octanol–water partition coefficient (Wildman–Crippen LogP) is 2.44. The Morgan fingerprint density at radius 1 is 1.17 bits per heavy atom. The van der Waals surface area contributed by atoms with Gasteiger partial charge in [-0.1, -0.05) is 29.5 Å². The average molecular weight is 349 g/mol. The van der Waals surface area contributed by atoms with Crippen LogP contribution in [0.5, 0.6) is 0 Å². The number of benzene rings is 2. The number of fused-ring (bicyclic) bond motifs is 1. The standard InChI is InChI=1S/C14H11N3O4S2/c1-16-12-8-7-10(17(18)19)9-13(12)22-14(16)15-23(20,21)11-5-3-2-4-6-11/h2-9H,1H3/b15-14-. The van der Waals surface area contributed by atoms with Crippen molar-refractivity contribution in [3.63, 3.8) is 0 Å². The monoisotopic (exact) mass is 349 g/mol. The van der Waals surface area contributed by atoms with Crippen LogP contribution in [0.4, 0.5) is 5.69 Å². The maximum atomic E-state index is 12.3. The first-order chi connectivity index (χ1) is 10.9. The number of thiazole rings is 1. The summed E-state index contributed by atoms with van der Waals surface area (Å²) in [7, 11) is -2.16. The molecule has 23 heavy (non-hydrogen) atoms. The molecule has 0 saturated carbocycles. The minimum absolute atomic E-state index is 0.0446. The van der Waals surface area contributed by atoms with Gasteiger partial charge in [0, 0.05) is 19.2 Å². The predicted molar refractivity (Wildman–Crippen MR) is 86.6 cm³/mol. The van der Waals surface area contributed by atoms with Crippen molar-refractivity contribution >= 4 is 37.3 Å². The van der Waals surface area contributed by atoms with E-state index < -0.39 is 14.9 Å². The number of rotatable bonds is 3. The van der Waals surface area contributed by atoms with Crippen LogP contribution in [-0.2, 0) is 17.1 Å². The van der Waals surface area contributed by atoms with Crippen LogP contribution in [0, 0.1) is 10.1 Å². The number of aryl methyl sites for hydroxylation is 1. The zero-order valence-electron chi connectivity index (χ0n) is 11.9. The molecule has 0 unspecified atom stereocenters. The molecule has 0 aliphatic rings. The maximum Gasteiger partial charge on any atom is 0.285 e. The fourth-order valence-corrected chi connectivity index (χ4v) is 4.37. The molecule has 0 radical (unpaired) electrons. The summed E-state index contributed by atoms with van der Waals surface area (Å²) in [6.45, 7) is 0. The number of nitro benzene ring substituents is 1. The molecule has 1 heterocycles. The van der Waals surface area contributed by atoms with Crippen LogP contribution in [0.25, 0.3) is 10.2 Å². The summed E-state index contributed by atoms with van der Waals surface area (Å²) >= 11 is 1.09. The van der Waals surface area contributed by atoms with Gasteiger partial charge in [0.25, 0.3) is 15.7 Å². The van der Waals surface area contributed by atoms with E-state index >= 15 is 0 Å². The Balaban J connectivity index is 2.20. The molecule has 7 nitrogen and oxygen atoms in total. The van der Waals surface area contributed by atoms with E-state index in [0.717, 1.165) is 11.3 Å². The Bertz CT molecular complexity index is 1070. The molecule has 118 valence electrons. The highest BCUT2D eigenvalue weighted by Crippen LogP contribution is 2.23. The fraction of sp³-hybridized carbons (Fsp3) is 0.0714. The number of hydrogen-bond acceptors (Lipinski definition) is 5. The molecule has 0 saturated heterocycles. The number of aromatic nitrogens is 1. The number of non-ortho nitro benzene ring substituents is 1. The fourth-order valence-electron chi connectivity index (χ4n) is 2.07. The van der Waals surface area contributed by atoms with Crippen molar-refractivity contribution in [3.8, 4) is 0 Å². The van der Waals surface area contributed by atoms with E-state index in [4.69, 9.17) is 0 Å². The summed E-state index contributed by atoms with van der Waals surface area (Å²) in [6, 6.07) is 12.3. The molecule has 0 spiro atoms. The lowest BCUT2D eigenvalue weighted by atomic mass is 10.3. The van der Waals surface area contributed by atoms with E-state index in [9.17, 15) is 18.5 Å². The largest absolute Gasteiger partial charge is 0.319 e. The van der Waals surface area contributed by atoms with Gasteiger partial charge in [-0.2, -0.15) is 8.42 Å². The highest BCUT2D eigenvalue weighted by molar-refractivity contribution is 7.90. The van der Waals surface area contributed by atoms with Crippen LogP contribution in [0.3, 0.4) is 0 Å². The van der Waals surface area contributed by atoms with E-state index in [-0.39, 0.29) is 15.4 Å². The molecule has 0 aliphatic carbocycles. The van der Waals surface area contributed by atoms with Crippen molar-refractivity contribution in [2.45, 2.75) is 4.90 Å². The van der Waals surface area contributed by atoms with Gasteiger partial charge in [0.2, 0.25) is 4.80 Å². The Morgan fingerprint density at radius 2 is 1.87 bits per heavy atom. The van der Waals surface area contributed by atoms with Crippen molar-refractivity contribution in [2.75, 3.05) is 0 Å². The number of nitrogens with zero attached hydrogens (tertiary/aromatic N) is 3. The second-order valence-corrected chi connectivity index (χ2v) is 7.35. The van der Waals surface area contributed by atoms with Crippen molar-refractivity contribution < 1.29 is 13.3 Å². The smallest absolute Gasteiger partial charge is 0.285 e. The highest BCUT2D eigenvalue weighted by atomic mass is 32.2. The topological polar surface area (TPSA) is 94.6 Å². The molecule has 0 atom stereocenters. The van der Waals surface area contributed by atoms with Gasteiger partial charge < -0.3 is 4.57 Å². The molecule has 0 bridgehead atoms. The third-order valence-corrected chi connectivity index (χ3v) is 5.73. The summed E-state index contributed by atoms with van der Waals surface area (Å²) in [5.74, 6) is 0. The van der Waals surface area contributed by atoms with Crippen LogP contribution >= 0.6 is 11.3 Å². The quantitative estimate of drug-likeness (QED) is 0.536.